The number of hydrogen-bond acceptors (Lipinski definition) is 2. The second-order valence-corrected chi connectivity index (χ2v) is 4.73. The van der Waals surface area contributed by atoms with E-state index in [1.54, 1.807) is 0 Å². The summed E-state index contributed by atoms with van der Waals surface area (Å²) in [6, 6.07) is 14.3. The minimum absolute atomic E-state index is 0.870. The van der Waals surface area contributed by atoms with Gasteiger partial charge in [0.1, 0.15) is 5.52 Å². The van der Waals surface area contributed by atoms with Crippen LogP contribution in [0.2, 0.25) is 0 Å². The molecule has 0 unspecified atom stereocenters. The Balaban J connectivity index is 2.22. The Morgan fingerprint density at radius 1 is 0.947 bits per heavy atom. The van der Waals surface area contributed by atoms with E-state index in [2.05, 4.69) is 35.1 Å². The number of nitrogens with one attached hydrogen (secondary N) is 1. The van der Waals surface area contributed by atoms with Crippen LogP contribution in [0.15, 0.2) is 42.5 Å². The van der Waals surface area contributed by atoms with E-state index in [4.69, 9.17) is 4.98 Å². The van der Waals surface area contributed by atoms with E-state index < -0.39 is 0 Å². The molecule has 2 heterocycles. The summed E-state index contributed by atoms with van der Waals surface area (Å²) >= 11 is 0. The lowest BCUT2D eigenvalue weighted by Gasteiger charge is -1.97. The van der Waals surface area contributed by atoms with Gasteiger partial charge in [-0.05, 0) is 24.1 Å². The van der Waals surface area contributed by atoms with Gasteiger partial charge < -0.3 is 4.98 Å². The Morgan fingerprint density at radius 2 is 1.74 bits per heavy atom. The molecule has 92 valence electrons. The molecule has 2 aromatic carbocycles. The second kappa shape index (κ2) is 3.79. The molecule has 0 bridgehead atoms. The molecule has 0 spiro atoms. The topological polar surface area (TPSA) is 41.6 Å². The van der Waals surface area contributed by atoms with Crippen molar-refractivity contribution in [2.45, 2.75) is 13.3 Å². The number of aromatic nitrogens is 3. The maximum Gasteiger partial charge on any atom is 0.157 e. The smallest absolute Gasteiger partial charge is 0.157 e. The third-order valence-corrected chi connectivity index (χ3v) is 3.60. The maximum atomic E-state index is 4.75. The van der Waals surface area contributed by atoms with E-state index in [1.807, 2.05) is 24.3 Å². The van der Waals surface area contributed by atoms with Crippen LogP contribution >= 0.6 is 0 Å². The molecule has 19 heavy (non-hydrogen) atoms. The van der Waals surface area contributed by atoms with Crippen LogP contribution in [0.5, 0.6) is 0 Å². The van der Waals surface area contributed by atoms with Crippen LogP contribution in [-0.2, 0) is 6.42 Å². The fraction of sp³-hybridized carbons (Fsp3) is 0.125. The van der Waals surface area contributed by atoms with E-state index >= 15 is 0 Å². The number of aromatic amines is 1. The average molecular weight is 247 g/mol. The van der Waals surface area contributed by atoms with Crippen molar-refractivity contribution in [3.63, 3.8) is 0 Å². The standard InChI is InChI=1S/C16H13N3/c1-2-10-6-5-7-11-14(10)19-16-15(11)17-12-8-3-4-9-13(12)18-16/h3-9H,2H2,1H3,(H,18,19). The first kappa shape index (κ1) is 10.5. The minimum atomic E-state index is 0.870. The van der Waals surface area contributed by atoms with Gasteiger partial charge in [0, 0.05) is 5.39 Å². The molecule has 2 aromatic heterocycles. The van der Waals surface area contributed by atoms with Gasteiger partial charge in [-0.15, -0.1) is 0 Å². The summed E-state index contributed by atoms with van der Waals surface area (Å²) in [6.45, 7) is 2.16. The highest BCUT2D eigenvalue weighted by molar-refractivity contribution is 6.06. The summed E-state index contributed by atoms with van der Waals surface area (Å²) < 4.78 is 0. The van der Waals surface area contributed by atoms with Crippen molar-refractivity contribution in [1.29, 1.82) is 0 Å². The van der Waals surface area contributed by atoms with E-state index in [0.29, 0.717) is 0 Å². The first-order valence-electron chi connectivity index (χ1n) is 6.53. The van der Waals surface area contributed by atoms with E-state index in [0.717, 1.165) is 39.5 Å². The monoisotopic (exact) mass is 247 g/mol. The second-order valence-electron chi connectivity index (χ2n) is 4.73. The van der Waals surface area contributed by atoms with Crippen LogP contribution in [0.1, 0.15) is 12.5 Å². The largest absolute Gasteiger partial charge is 0.338 e. The minimum Gasteiger partial charge on any atom is -0.338 e. The molecule has 0 saturated carbocycles. The molecule has 0 aliphatic carbocycles. The number of fused-ring (bicyclic) bond motifs is 4. The van der Waals surface area contributed by atoms with Gasteiger partial charge in [0.05, 0.1) is 16.6 Å². The van der Waals surface area contributed by atoms with Crippen molar-refractivity contribution in [3.8, 4) is 0 Å². The molecule has 0 amide bonds. The van der Waals surface area contributed by atoms with Crippen LogP contribution in [-0.4, -0.2) is 15.0 Å². The summed E-state index contributed by atoms with van der Waals surface area (Å²) in [7, 11) is 0. The van der Waals surface area contributed by atoms with Crippen molar-refractivity contribution in [2.24, 2.45) is 0 Å². The van der Waals surface area contributed by atoms with Crippen molar-refractivity contribution < 1.29 is 0 Å². The van der Waals surface area contributed by atoms with Crippen molar-refractivity contribution >= 4 is 33.1 Å². The Bertz CT molecular complexity index is 906. The highest BCUT2D eigenvalue weighted by atomic mass is 14.9. The zero-order valence-electron chi connectivity index (χ0n) is 10.6. The predicted octanol–water partition coefficient (Wildman–Crippen LogP) is 3.83. The van der Waals surface area contributed by atoms with E-state index in [9.17, 15) is 0 Å². The fourth-order valence-electron chi connectivity index (χ4n) is 2.63. The predicted molar refractivity (Wildman–Crippen MR) is 78.3 cm³/mol. The quantitative estimate of drug-likeness (QED) is 0.555. The molecule has 0 aliphatic rings. The first-order chi connectivity index (χ1) is 9.36. The summed E-state index contributed by atoms with van der Waals surface area (Å²) in [4.78, 5) is 12.8. The molecule has 0 aliphatic heterocycles. The SMILES string of the molecule is CCc1cccc2c1[nH]c1nc3ccccc3nc12. The highest BCUT2D eigenvalue weighted by Crippen LogP contribution is 2.27. The number of nitrogens with zero attached hydrogens (tertiary/aromatic N) is 2. The van der Waals surface area contributed by atoms with Crippen LogP contribution < -0.4 is 0 Å². The van der Waals surface area contributed by atoms with Gasteiger partial charge in [0.25, 0.3) is 0 Å². The summed E-state index contributed by atoms with van der Waals surface area (Å²) in [6.07, 6.45) is 1.00. The Hall–Kier alpha value is -2.42. The zero-order chi connectivity index (χ0) is 12.8. The number of aryl methyl sites for hydroxylation is 1. The Labute approximate surface area is 110 Å². The summed E-state index contributed by atoms with van der Waals surface area (Å²) in [5.74, 6) is 0. The van der Waals surface area contributed by atoms with Gasteiger partial charge in [-0.25, -0.2) is 9.97 Å². The fourth-order valence-corrected chi connectivity index (χ4v) is 2.63. The third-order valence-electron chi connectivity index (χ3n) is 3.60. The number of benzene rings is 2. The highest BCUT2D eigenvalue weighted by Gasteiger charge is 2.10. The first-order valence-corrected chi connectivity index (χ1v) is 6.53. The van der Waals surface area contributed by atoms with Crippen molar-refractivity contribution in [2.75, 3.05) is 0 Å². The lowest BCUT2D eigenvalue weighted by atomic mass is 10.1. The molecule has 3 nitrogen and oxygen atoms in total. The van der Waals surface area contributed by atoms with Crippen LogP contribution in [0, 0.1) is 0 Å². The molecule has 0 saturated heterocycles. The van der Waals surface area contributed by atoms with Crippen molar-refractivity contribution in [1.82, 2.24) is 15.0 Å². The molecule has 1 N–H and O–H groups in total. The number of para-hydroxylation sites is 3. The third kappa shape index (κ3) is 1.45. The van der Waals surface area contributed by atoms with Crippen LogP contribution in [0.4, 0.5) is 0 Å². The lowest BCUT2D eigenvalue weighted by molar-refractivity contribution is 1.15. The number of rotatable bonds is 1. The molecule has 4 rings (SSSR count). The molecule has 0 radical (unpaired) electrons. The van der Waals surface area contributed by atoms with Crippen LogP contribution in [0.25, 0.3) is 33.1 Å². The molecule has 0 atom stereocenters. The molecule has 3 heteroatoms. The van der Waals surface area contributed by atoms with Gasteiger partial charge in [0.2, 0.25) is 0 Å². The Kier molecular flexibility index (Phi) is 2.09. The molecule has 4 aromatic rings. The number of H-pyrrole nitrogens is 1. The van der Waals surface area contributed by atoms with Crippen LogP contribution in [0.3, 0.4) is 0 Å². The normalized spacial score (nSPS) is 11.6. The van der Waals surface area contributed by atoms with Gasteiger partial charge in [-0.3, -0.25) is 0 Å². The van der Waals surface area contributed by atoms with Gasteiger partial charge >= 0.3 is 0 Å². The number of hydrogen-bond donors (Lipinski definition) is 1. The van der Waals surface area contributed by atoms with Gasteiger partial charge in [0.15, 0.2) is 5.65 Å². The van der Waals surface area contributed by atoms with Gasteiger partial charge in [-0.2, -0.15) is 0 Å². The van der Waals surface area contributed by atoms with E-state index in [1.165, 1.54) is 5.56 Å². The van der Waals surface area contributed by atoms with Crippen molar-refractivity contribution in [3.05, 3.63) is 48.0 Å². The average Bonchev–Trinajstić information content (AvgIpc) is 2.82. The maximum absolute atomic E-state index is 4.75. The summed E-state index contributed by atoms with van der Waals surface area (Å²) in [5.41, 5.74) is 6.17. The van der Waals surface area contributed by atoms with E-state index in [-0.39, 0.29) is 0 Å². The zero-order valence-corrected chi connectivity index (χ0v) is 10.6. The summed E-state index contributed by atoms with van der Waals surface area (Å²) in [5, 5.41) is 1.16. The van der Waals surface area contributed by atoms with Gasteiger partial charge in [-0.1, -0.05) is 37.3 Å². The molecule has 0 fully saturated rings. The Morgan fingerprint density at radius 3 is 2.53 bits per heavy atom. The molecular formula is C16H13N3. The molecular weight excluding hydrogens is 234 g/mol. The lowest BCUT2D eigenvalue weighted by Crippen LogP contribution is -1.84.